The molecule has 0 aliphatic heterocycles. The van der Waals surface area contributed by atoms with Crippen molar-refractivity contribution in [1.29, 1.82) is 0 Å². The Morgan fingerprint density at radius 3 is 2.58 bits per heavy atom. The topological polar surface area (TPSA) is 117 Å². The molecule has 0 saturated heterocycles. The minimum absolute atomic E-state index is 0.156. The van der Waals surface area contributed by atoms with Crippen molar-refractivity contribution in [2.24, 2.45) is 20.0 Å². The van der Waals surface area contributed by atoms with E-state index in [0.29, 0.717) is 25.3 Å². The van der Waals surface area contributed by atoms with E-state index in [0.717, 1.165) is 22.1 Å². The van der Waals surface area contributed by atoms with Crippen LogP contribution >= 0.6 is 11.8 Å². The Kier molecular flexibility index (Phi) is 6.94. The van der Waals surface area contributed by atoms with Gasteiger partial charge in [0, 0.05) is 33.6 Å². The molecule has 0 aliphatic carbocycles. The number of hydrogen-bond acceptors (Lipinski definition) is 7. The molecule has 11 heteroatoms. The van der Waals surface area contributed by atoms with Crippen LogP contribution in [0.15, 0.2) is 26.9 Å². The van der Waals surface area contributed by atoms with Gasteiger partial charge >= 0.3 is 5.69 Å². The molecule has 0 aromatic carbocycles. The number of rotatable bonds is 8. The van der Waals surface area contributed by atoms with Crippen molar-refractivity contribution in [2.75, 3.05) is 12.8 Å². The lowest BCUT2D eigenvalue weighted by Crippen LogP contribution is -2.37. The predicted molar refractivity (Wildman–Crippen MR) is 120 cm³/mol. The minimum Gasteiger partial charge on any atom is -0.351 e. The maximum absolute atomic E-state index is 12.5. The zero-order valence-corrected chi connectivity index (χ0v) is 19.2. The molecule has 31 heavy (non-hydrogen) atoms. The number of amides is 1. The van der Waals surface area contributed by atoms with E-state index >= 15 is 0 Å². The van der Waals surface area contributed by atoms with Crippen molar-refractivity contribution in [2.45, 2.75) is 38.4 Å². The molecule has 0 unspecified atom stereocenters. The fraction of sp³-hybridized carbons (Fsp3) is 0.500. The Morgan fingerprint density at radius 1 is 1.16 bits per heavy atom. The van der Waals surface area contributed by atoms with Crippen LogP contribution in [0.4, 0.5) is 0 Å². The molecule has 0 atom stereocenters. The van der Waals surface area contributed by atoms with Crippen LogP contribution in [0.3, 0.4) is 0 Å². The van der Waals surface area contributed by atoms with E-state index in [1.54, 1.807) is 11.8 Å². The van der Waals surface area contributed by atoms with Crippen LogP contribution in [0.2, 0.25) is 0 Å². The van der Waals surface area contributed by atoms with Gasteiger partial charge in [0.05, 0.1) is 5.39 Å². The summed E-state index contributed by atoms with van der Waals surface area (Å²) < 4.78 is 4.41. The van der Waals surface area contributed by atoms with Crippen LogP contribution in [0.1, 0.15) is 36.6 Å². The largest absolute Gasteiger partial charge is 0.351 e. The molecule has 3 rings (SSSR count). The first kappa shape index (κ1) is 22.7. The molecule has 0 saturated carbocycles. The number of hydrogen-bond donors (Lipinski definition) is 1. The van der Waals surface area contributed by atoms with Gasteiger partial charge in [0.1, 0.15) is 17.2 Å². The van der Waals surface area contributed by atoms with Crippen LogP contribution in [0, 0.1) is 5.92 Å². The van der Waals surface area contributed by atoms with E-state index < -0.39 is 11.2 Å². The highest BCUT2D eigenvalue weighted by atomic mass is 32.2. The first-order chi connectivity index (χ1) is 14.7. The second-order valence-corrected chi connectivity index (χ2v) is 8.51. The van der Waals surface area contributed by atoms with E-state index in [2.05, 4.69) is 38.9 Å². The fourth-order valence-electron chi connectivity index (χ4n) is 3.32. The van der Waals surface area contributed by atoms with Gasteiger partial charge in [-0.25, -0.2) is 9.78 Å². The molecule has 0 aliphatic rings. The van der Waals surface area contributed by atoms with Crippen molar-refractivity contribution in [1.82, 2.24) is 34.2 Å². The number of aryl methyl sites for hydroxylation is 2. The number of nitrogens with one attached hydrogen (secondary N) is 1. The van der Waals surface area contributed by atoms with Gasteiger partial charge < -0.3 is 9.88 Å². The summed E-state index contributed by atoms with van der Waals surface area (Å²) in [4.78, 5) is 41.1. The summed E-state index contributed by atoms with van der Waals surface area (Å²) in [6, 6.07) is 3.02. The highest BCUT2D eigenvalue weighted by Gasteiger charge is 2.15. The highest BCUT2D eigenvalue weighted by molar-refractivity contribution is 7.98. The smallest absolute Gasteiger partial charge is 0.332 e. The first-order valence-corrected chi connectivity index (χ1v) is 11.3. The second-order valence-electron chi connectivity index (χ2n) is 7.74. The summed E-state index contributed by atoms with van der Waals surface area (Å²) in [5.74, 6) is 1.03. The molecule has 1 amide bonds. The molecule has 3 aromatic heterocycles. The lowest BCUT2D eigenvalue weighted by molar-refractivity contribution is 0.0948. The normalized spacial score (nSPS) is 11.4. The molecular weight excluding hydrogens is 418 g/mol. The Balaban J connectivity index is 1.67. The van der Waals surface area contributed by atoms with Crippen LogP contribution < -0.4 is 16.6 Å². The third kappa shape index (κ3) is 4.71. The lowest BCUT2D eigenvalue weighted by Gasteiger charge is -2.12. The van der Waals surface area contributed by atoms with E-state index in [9.17, 15) is 14.4 Å². The summed E-state index contributed by atoms with van der Waals surface area (Å²) in [5.41, 5.74) is -0.583. The first-order valence-electron chi connectivity index (χ1n) is 10.1. The highest BCUT2D eigenvalue weighted by Crippen LogP contribution is 2.16. The summed E-state index contributed by atoms with van der Waals surface area (Å²) in [5, 5.41) is 12.5. The number of nitrogens with zero attached hydrogens (tertiary/aromatic N) is 6. The van der Waals surface area contributed by atoms with E-state index in [1.807, 2.05) is 6.26 Å². The number of fused-ring (bicyclic) bond motifs is 1. The summed E-state index contributed by atoms with van der Waals surface area (Å²) >= 11 is 1.57. The number of aromatic nitrogens is 6. The van der Waals surface area contributed by atoms with E-state index in [4.69, 9.17) is 0 Å². The second kappa shape index (κ2) is 9.46. The van der Waals surface area contributed by atoms with Crippen LogP contribution in [-0.4, -0.2) is 47.6 Å². The molecule has 0 fully saturated rings. The van der Waals surface area contributed by atoms with Gasteiger partial charge in [0.2, 0.25) is 0 Å². The third-order valence-corrected chi connectivity index (χ3v) is 5.59. The Morgan fingerprint density at radius 2 is 1.90 bits per heavy atom. The van der Waals surface area contributed by atoms with Crippen LogP contribution in [-0.2, 0) is 27.1 Å². The van der Waals surface area contributed by atoms with E-state index in [1.165, 1.54) is 30.8 Å². The van der Waals surface area contributed by atoms with Crippen molar-refractivity contribution in [3.05, 3.63) is 44.5 Å². The standard InChI is InChI=1S/C20H27N7O3S/c1-12(2)11-27-15(23-24-19(27)31-5)7-6-10-21-17(28)14-9-8-13-16(22-14)25(3)20(30)26(4)18(13)29/h8-9,12H,6-7,10-11H2,1-5H3,(H,21,28). The Labute approximate surface area is 183 Å². The maximum Gasteiger partial charge on any atom is 0.332 e. The van der Waals surface area contributed by atoms with Gasteiger partial charge in [-0.2, -0.15) is 0 Å². The average Bonchev–Trinajstić information content (AvgIpc) is 3.13. The molecule has 0 bridgehead atoms. The Hall–Kier alpha value is -2.95. The number of thioether (sulfide) groups is 1. The number of pyridine rings is 1. The van der Waals surface area contributed by atoms with Gasteiger partial charge in [-0.1, -0.05) is 25.6 Å². The fourth-order valence-corrected chi connectivity index (χ4v) is 3.85. The van der Waals surface area contributed by atoms with Gasteiger partial charge in [0.25, 0.3) is 11.5 Å². The molecule has 0 radical (unpaired) electrons. The minimum atomic E-state index is -0.488. The van der Waals surface area contributed by atoms with Gasteiger partial charge in [0.15, 0.2) is 5.16 Å². The SMILES string of the molecule is CSc1nnc(CCCNC(=O)c2ccc3c(=O)n(C)c(=O)n(C)c3n2)n1CC(C)C. The van der Waals surface area contributed by atoms with Gasteiger partial charge in [-0.3, -0.25) is 18.7 Å². The summed E-state index contributed by atoms with van der Waals surface area (Å²) in [7, 11) is 2.93. The molecule has 1 N–H and O–H groups in total. The molecule has 166 valence electrons. The average molecular weight is 446 g/mol. The molecule has 0 spiro atoms. The molecular formula is C20H27N7O3S. The van der Waals surface area contributed by atoms with Crippen molar-refractivity contribution < 1.29 is 4.79 Å². The third-order valence-electron chi connectivity index (χ3n) is 4.92. The molecule has 3 aromatic rings. The van der Waals surface area contributed by atoms with Crippen LogP contribution in [0.5, 0.6) is 0 Å². The summed E-state index contributed by atoms with van der Waals surface area (Å²) in [6.07, 6.45) is 3.37. The molecule has 10 nitrogen and oxygen atoms in total. The van der Waals surface area contributed by atoms with Gasteiger partial charge in [-0.15, -0.1) is 10.2 Å². The quantitative estimate of drug-likeness (QED) is 0.405. The van der Waals surface area contributed by atoms with Crippen LogP contribution in [0.25, 0.3) is 11.0 Å². The van der Waals surface area contributed by atoms with Crippen molar-refractivity contribution in [3.63, 3.8) is 0 Å². The zero-order chi connectivity index (χ0) is 22.7. The lowest BCUT2D eigenvalue weighted by atomic mass is 10.2. The zero-order valence-electron chi connectivity index (χ0n) is 18.4. The predicted octanol–water partition coefficient (Wildman–Crippen LogP) is 0.964. The van der Waals surface area contributed by atoms with E-state index in [-0.39, 0.29) is 22.6 Å². The number of carbonyl (C=O) groups excluding carboxylic acids is 1. The monoisotopic (exact) mass is 445 g/mol. The molecule has 3 heterocycles. The van der Waals surface area contributed by atoms with Crippen molar-refractivity contribution in [3.8, 4) is 0 Å². The van der Waals surface area contributed by atoms with Gasteiger partial charge in [-0.05, 0) is 30.7 Å². The maximum atomic E-state index is 12.5. The summed E-state index contributed by atoms with van der Waals surface area (Å²) in [6.45, 7) is 5.59. The van der Waals surface area contributed by atoms with Crippen molar-refractivity contribution >= 4 is 28.7 Å². The number of carbonyl (C=O) groups is 1. The Bertz CT molecular complexity index is 1230.